The van der Waals surface area contributed by atoms with Crippen LogP contribution in [0.3, 0.4) is 0 Å². The zero-order valence-electron chi connectivity index (χ0n) is 9.22. The Morgan fingerprint density at radius 1 is 1.53 bits per heavy atom. The molecule has 1 aromatic heterocycles. The van der Waals surface area contributed by atoms with Crippen molar-refractivity contribution in [1.82, 2.24) is 9.78 Å². The summed E-state index contributed by atoms with van der Waals surface area (Å²) in [5.74, 6) is -1.40. The Morgan fingerprint density at radius 3 is 2.88 bits per heavy atom. The topological polar surface area (TPSA) is 55.1 Å². The maximum Gasteiger partial charge on any atom is 0.339 e. The molecule has 2 aromatic rings. The minimum atomic E-state index is -1.02. The maximum atomic E-state index is 13.1. The van der Waals surface area contributed by atoms with Gasteiger partial charge in [0.05, 0.1) is 17.6 Å². The number of hydrogen-bond acceptors (Lipinski definition) is 2. The second-order valence-electron chi connectivity index (χ2n) is 3.56. The fraction of sp³-hybridized carbons (Fsp3) is 0.167. The molecule has 0 aliphatic heterocycles. The summed E-state index contributed by atoms with van der Waals surface area (Å²) in [5.41, 5.74) is 1.23. The van der Waals surface area contributed by atoms with Crippen LogP contribution in [0.25, 0.3) is 5.69 Å². The van der Waals surface area contributed by atoms with Gasteiger partial charge in [-0.3, -0.25) is 0 Å². The van der Waals surface area contributed by atoms with Crippen LogP contribution in [0.15, 0.2) is 30.5 Å². The molecule has 2 rings (SSSR count). The van der Waals surface area contributed by atoms with Crippen LogP contribution in [-0.4, -0.2) is 20.9 Å². The average molecular weight is 234 g/mol. The van der Waals surface area contributed by atoms with Crippen molar-refractivity contribution >= 4 is 5.97 Å². The second-order valence-corrected chi connectivity index (χ2v) is 3.56. The number of carboxylic acids is 1. The summed E-state index contributed by atoms with van der Waals surface area (Å²) in [7, 11) is 0. The monoisotopic (exact) mass is 234 g/mol. The molecule has 88 valence electrons. The first-order valence-electron chi connectivity index (χ1n) is 5.19. The summed E-state index contributed by atoms with van der Waals surface area (Å²) in [6.45, 7) is 1.83. The molecule has 1 heterocycles. The highest BCUT2D eigenvalue weighted by Gasteiger charge is 2.16. The molecule has 0 saturated heterocycles. The third kappa shape index (κ3) is 2.04. The normalized spacial score (nSPS) is 10.5. The van der Waals surface area contributed by atoms with Gasteiger partial charge in [0.15, 0.2) is 0 Å². The Labute approximate surface area is 97.3 Å². The lowest BCUT2D eigenvalue weighted by molar-refractivity contribution is 0.0695. The highest BCUT2D eigenvalue weighted by Crippen LogP contribution is 2.16. The predicted octanol–water partition coefficient (Wildman–Crippen LogP) is 2.27. The second kappa shape index (κ2) is 4.37. The molecule has 0 aliphatic rings. The third-order valence-electron chi connectivity index (χ3n) is 2.49. The number of aromatic nitrogens is 2. The molecule has 4 nitrogen and oxygen atoms in total. The Kier molecular flexibility index (Phi) is 2.91. The van der Waals surface area contributed by atoms with Gasteiger partial charge in [-0.05, 0) is 24.6 Å². The van der Waals surface area contributed by atoms with E-state index in [2.05, 4.69) is 5.10 Å². The molecule has 0 amide bonds. The van der Waals surface area contributed by atoms with E-state index < -0.39 is 5.97 Å². The van der Waals surface area contributed by atoms with Gasteiger partial charge in [0.25, 0.3) is 0 Å². The summed E-state index contributed by atoms with van der Waals surface area (Å²) in [5, 5.41) is 13.0. The minimum absolute atomic E-state index is 0.150. The number of hydrogen-bond donors (Lipinski definition) is 1. The molecule has 0 saturated carbocycles. The Balaban J connectivity index is 2.56. The van der Waals surface area contributed by atoms with Crippen LogP contribution in [0.1, 0.15) is 23.0 Å². The van der Waals surface area contributed by atoms with Crippen molar-refractivity contribution in [2.45, 2.75) is 13.3 Å². The van der Waals surface area contributed by atoms with E-state index in [0.717, 1.165) is 0 Å². The number of aromatic carboxylic acids is 1. The van der Waals surface area contributed by atoms with Crippen LogP contribution < -0.4 is 0 Å². The number of halogens is 1. The number of carbonyl (C=O) groups is 1. The van der Waals surface area contributed by atoms with E-state index in [0.29, 0.717) is 17.8 Å². The van der Waals surface area contributed by atoms with Crippen molar-refractivity contribution in [3.8, 4) is 5.69 Å². The molecule has 0 atom stereocenters. The number of nitrogens with zero attached hydrogens (tertiary/aromatic N) is 2. The van der Waals surface area contributed by atoms with Gasteiger partial charge in [0.2, 0.25) is 0 Å². The first-order chi connectivity index (χ1) is 8.13. The van der Waals surface area contributed by atoms with Crippen molar-refractivity contribution < 1.29 is 14.3 Å². The zero-order chi connectivity index (χ0) is 12.4. The van der Waals surface area contributed by atoms with Crippen LogP contribution in [0.5, 0.6) is 0 Å². The molecule has 0 aliphatic carbocycles. The van der Waals surface area contributed by atoms with Crippen LogP contribution >= 0.6 is 0 Å². The lowest BCUT2D eigenvalue weighted by atomic mass is 10.2. The molecule has 0 spiro atoms. The summed E-state index contributed by atoms with van der Waals surface area (Å²) in [4.78, 5) is 11.0. The van der Waals surface area contributed by atoms with Crippen LogP contribution in [0.4, 0.5) is 4.39 Å². The lowest BCUT2D eigenvalue weighted by Gasteiger charge is -2.06. The third-order valence-corrected chi connectivity index (χ3v) is 2.49. The largest absolute Gasteiger partial charge is 0.478 e. The SMILES string of the molecule is CCc1c(C(=O)O)cnn1-c1cccc(F)c1. The predicted molar refractivity (Wildman–Crippen MR) is 59.9 cm³/mol. The van der Waals surface area contributed by atoms with Crippen molar-refractivity contribution in [3.63, 3.8) is 0 Å². The van der Waals surface area contributed by atoms with Gasteiger partial charge in [0, 0.05) is 0 Å². The Morgan fingerprint density at radius 2 is 2.29 bits per heavy atom. The molecular weight excluding hydrogens is 223 g/mol. The van der Waals surface area contributed by atoms with Crippen molar-refractivity contribution in [3.05, 3.63) is 47.5 Å². The van der Waals surface area contributed by atoms with Crippen LogP contribution in [0.2, 0.25) is 0 Å². The molecule has 17 heavy (non-hydrogen) atoms. The molecule has 0 fully saturated rings. The van der Waals surface area contributed by atoms with E-state index in [1.165, 1.54) is 23.0 Å². The highest BCUT2D eigenvalue weighted by molar-refractivity contribution is 5.88. The molecule has 0 bridgehead atoms. The van der Waals surface area contributed by atoms with Crippen molar-refractivity contribution in [2.24, 2.45) is 0 Å². The quantitative estimate of drug-likeness (QED) is 0.886. The Hall–Kier alpha value is -2.17. The van der Waals surface area contributed by atoms with Crippen molar-refractivity contribution in [2.75, 3.05) is 0 Å². The van der Waals surface area contributed by atoms with Gasteiger partial charge in [0.1, 0.15) is 11.4 Å². The smallest absolute Gasteiger partial charge is 0.339 e. The molecule has 5 heteroatoms. The fourth-order valence-electron chi connectivity index (χ4n) is 1.72. The highest BCUT2D eigenvalue weighted by atomic mass is 19.1. The summed E-state index contributed by atoms with van der Waals surface area (Å²) >= 11 is 0. The molecule has 0 unspecified atom stereocenters. The van der Waals surface area contributed by atoms with E-state index >= 15 is 0 Å². The Bertz CT molecular complexity index is 563. The molecular formula is C12H11FN2O2. The summed E-state index contributed by atoms with van der Waals surface area (Å²) in [6.07, 6.45) is 1.80. The van der Waals surface area contributed by atoms with Gasteiger partial charge in [-0.15, -0.1) is 0 Å². The van der Waals surface area contributed by atoms with Crippen molar-refractivity contribution in [1.29, 1.82) is 0 Å². The van der Waals surface area contributed by atoms with E-state index in [1.807, 2.05) is 6.92 Å². The van der Waals surface area contributed by atoms with E-state index in [4.69, 9.17) is 5.11 Å². The van der Waals surface area contributed by atoms with Gasteiger partial charge in [-0.25, -0.2) is 13.9 Å². The van der Waals surface area contributed by atoms with Crippen LogP contribution in [-0.2, 0) is 6.42 Å². The van der Waals surface area contributed by atoms with Gasteiger partial charge in [-0.1, -0.05) is 13.0 Å². The lowest BCUT2D eigenvalue weighted by Crippen LogP contribution is -2.05. The maximum absolute atomic E-state index is 13.1. The fourth-order valence-corrected chi connectivity index (χ4v) is 1.72. The standard InChI is InChI=1S/C12H11FN2O2/c1-2-11-10(12(16)17)7-14-15(11)9-5-3-4-8(13)6-9/h3-7H,2H2,1H3,(H,16,17). The molecule has 0 radical (unpaired) electrons. The number of benzene rings is 1. The first kappa shape index (κ1) is 11.3. The molecule has 1 N–H and O–H groups in total. The summed E-state index contributed by atoms with van der Waals surface area (Å²) in [6, 6.07) is 5.89. The average Bonchev–Trinajstić information content (AvgIpc) is 2.72. The first-order valence-corrected chi connectivity index (χ1v) is 5.19. The van der Waals surface area contributed by atoms with E-state index in [-0.39, 0.29) is 11.4 Å². The van der Waals surface area contributed by atoms with Gasteiger partial charge >= 0.3 is 5.97 Å². The van der Waals surface area contributed by atoms with E-state index in [1.54, 1.807) is 12.1 Å². The van der Waals surface area contributed by atoms with Gasteiger partial charge < -0.3 is 5.11 Å². The summed E-state index contributed by atoms with van der Waals surface area (Å²) < 4.78 is 14.5. The number of carboxylic acid groups (broad SMARTS) is 1. The number of rotatable bonds is 3. The van der Waals surface area contributed by atoms with E-state index in [9.17, 15) is 9.18 Å². The van der Waals surface area contributed by atoms with Crippen LogP contribution in [0, 0.1) is 5.82 Å². The zero-order valence-corrected chi connectivity index (χ0v) is 9.22. The minimum Gasteiger partial charge on any atom is -0.478 e. The van der Waals surface area contributed by atoms with Gasteiger partial charge in [-0.2, -0.15) is 5.10 Å². The molecule has 1 aromatic carbocycles.